The molecule has 154 valence electrons. The molecule has 0 spiro atoms. The number of hydrogen-bond acceptors (Lipinski definition) is 7. The molecule has 1 N–H and O–H groups in total. The molecule has 0 radical (unpaired) electrons. The molecule has 1 fully saturated rings. The van der Waals surface area contributed by atoms with E-state index in [1.54, 1.807) is 25.4 Å². The number of benzene rings is 1. The molecule has 0 aliphatic carbocycles. The Morgan fingerprint density at radius 2 is 1.77 bits per heavy atom. The number of nitrogens with one attached hydrogen (secondary N) is 1. The number of anilines is 3. The maximum atomic E-state index is 12.8. The summed E-state index contributed by atoms with van der Waals surface area (Å²) in [5.74, 6) is 3.74. The van der Waals surface area contributed by atoms with Gasteiger partial charge in [-0.15, -0.1) is 0 Å². The van der Waals surface area contributed by atoms with E-state index in [9.17, 15) is 4.79 Å². The Kier molecular flexibility index (Phi) is 5.74. The van der Waals surface area contributed by atoms with E-state index in [1.807, 2.05) is 48.2 Å². The summed E-state index contributed by atoms with van der Waals surface area (Å²) in [7, 11) is 1.61. The van der Waals surface area contributed by atoms with Crippen molar-refractivity contribution >= 4 is 23.4 Å². The van der Waals surface area contributed by atoms with Gasteiger partial charge >= 0.3 is 0 Å². The first-order chi connectivity index (χ1) is 14.6. The van der Waals surface area contributed by atoms with E-state index < -0.39 is 0 Å². The Morgan fingerprint density at radius 1 is 1.00 bits per heavy atom. The van der Waals surface area contributed by atoms with Gasteiger partial charge in [-0.3, -0.25) is 4.79 Å². The summed E-state index contributed by atoms with van der Waals surface area (Å²) in [5, 5.41) is 3.22. The van der Waals surface area contributed by atoms with Gasteiger partial charge in [-0.1, -0.05) is 6.07 Å². The SMILES string of the molecule is COc1ccc(C(=O)N2CCN(c3cc(Nc4ccccn4)nc(C)n3)CC2)cc1. The summed E-state index contributed by atoms with van der Waals surface area (Å²) in [6.45, 7) is 4.56. The number of aryl methyl sites for hydroxylation is 1. The number of hydrogen-bond donors (Lipinski definition) is 1. The van der Waals surface area contributed by atoms with Crippen molar-refractivity contribution < 1.29 is 9.53 Å². The molecule has 8 heteroatoms. The van der Waals surface area contributed by atoms with Crippen molar-refractivity contribution in [3.05, 3.63) is 66.1 Å². The fraction of sp³-hybridized carbons (Fsp3) is 0.273. The highest BCUT2D eigenvalue weighted by atomic mass is 16.5. The summed E-state index contributed by atoms with van der Waals surface area (Å²) in [4.78, 5) is 30.1. The molecule has 1 aromatic carbocycles. The highest BCUT2D eigenvalue weighted by Crippen LogP contribution is 2.21. The van der Waals surface area contributed by atoms with Crippen LogP contribution in [-0.4, -0.2) is 59.0 Å². The lowest BCUT2D eigenvalue weighted by molar-refractivity contribution is 0.0746. The molecular formula is C22H24N6O2. The van der Waals surface area contributed by atoms with Crippen LogP contribution < -0.4 is 15.0 Å². The fourth-order valence-corrected chi connectivity index (χ4v) is 3.40. The van der Waals surface area contributed by atoms with Crippen molar-refractivity contribution in [2.45, 2.75) is 6.92 Å². The van der Waals surface area contributed by atoms with Gasteiger partial charge in [0.15, 0.2) is 0 Å². The Morgan fingerprint density at radius 3 is 2.43 bits per heavy atom. The topological polar surface area (TPSA) is 83.5 Å². The lowest BCUT2D eigenvalue weighted by Gasteiger charge is -2.35. The third-order valence-electron chi connectivity index (χ3n) is 4.97. The minimum absolute atomic E-state index is 0.0358. The van der Waals surface area contributed by atoms with Gasteiger partial charge in [-0.2, -0.15) is 0 Å². The minimum Gasteiger partial charge on any atom is -0.497 e. The minimum atomic E-state index is 0.0358. The molecule has 1 amide bonds. The lowest BCUT2D eigenvalue weighted by atomic mass is 10.1. The molecule has 0 bridgehead atoms. The Bertz CT molecular complexity index is 1000. The Hall–Kier alpha value is -3.68. The van der Waals surface area contributed by atoms with Crippen LogP contribution in [0, 0.1) is 6.92 Å². The number of methoxy groups -OCH3 is 1. The molecule has 3 heterocycles. The van der Waals surface area contributed by atoms with Crippen LogP contribution in [0.2, 0.25) is 0 Å². The number of aromatic nitrogens is 3. The molecular weight excluding hydrogens is 380 g/mol. The molecule has 8 nitrogen and oxygen atoms in total. The summed E-state index contributed by atoms with van der Waals surface area (Å²) in [6, 6.07) is 14.8. The van der Waals surface area contributed by atoms with Crippen LogP contribution in [0.4, 0.5) is 17.5 Å². The van der Waals surface area contributed by atoms with Crippen LogP contribution in [0.1, 0.15) is 16.2 Å². The molecule has 0 saturated carbocycles. The molecule has 4 rings (SSSR count). The predicted octanol–water partition coefficient (Wildman–Crippen LogP) is 2.89. The van der Waals surface area contributed by atoms with E-state index in [0.717, 1.165) is 17.4 Å². The lowest BCUT2D eigenvalue weighted by Crippen LogP contribution is -2.49. The zero-order chi connectivity index (χ0) is 20.9. The van der Waals surface area contributed by atoms with Gasteiger partial charge in [0.1, 0.15) is 29.0 Å². The fourth-order valence-electron chi connectivity index (χ4n) is 3.40. The van der Waals surface area contributed by atoms with Gasteiger partial charge in [0.2, 0.25) is 0 Å². The largest absolute Gasteiger partial charge is 0.497 e. The number of carbonyl (C=O) groups is 1. The molecule has 0 atom stereocenters. The first-order valence-electron chi connectivity index (χ1n) is 9.84. The van der Waals surface area contributed by atoms with Crippen LogP contribution in [-0.2, 0) is 0 Å². The summed E-state index contributed by atoms with van der Waals surface area (Å²) in [5.41, 5.74) is 0.670. The normalized spacial score (nSPS) is 13.8. The van der Waals surface area contributed by atoms with Crippen molar-refractivity contribution in [1.29, 1.82) is 0 Å². The standard InChI is InChI=1S/C22H24N6O2/c1-16-24-20(26-19-5-3-4-10-23-19)15-21(25-16)27-11-13-28(14-12-27)22(29)17-6-8-18(30-2)9-7-17/h3-10,15H,11-14H2,1-2H3,(H,23,24,25,26). The van der Waals surface area contributed by atoms with Crippen molar-refractivity contribution in [2.24, 2.45) is 0 Å². The monoisotopic (exact) mass is 404 g/mol. The number of nitrogens with zero attached hydrogens (tertiary/aromatic N) is 5. The zero-order valence-corrected chi connectivity index (χ0v) is 17.1. The summed E-state index contributed by atoms with van der Waals surface area (Å²) in [6.07, 6.45) is 1.73. The van der Waals surface area contributed by atoms with Crippen LogP contribution in [0.5, 0.6) is 5.75 Å². The third-order valence-corrected chi connectivity index (χ3v) is 4.97. The van der Waals surface area contributed by atoms with Crippen LogP contribution in [0.3, 0.4) is 0 Å². The predicted molar refractivity (Wildman–Crippen MR) is 115 cm³/mol. The molecule has 0 unspecified atom stereocenters. The van der Waals surface area contributed by atoms with Gasteiger partial charge in [0, 0.05) is 44.0 Å². The smallest absolute Gasteiger partial charge is 0.253 e. The van der Waals surface area contributed by atoms with Crippen molar-refractivity contribution in [2.75, 3.05) is 43.5 Å². The van der Waals surface area contributed by atoms with E-state index >= 15 is 0 Å². The molecule has 2 aromatic heterocycles. The second kappa shape index (κ2) is 8.77. The second-order valence-corrected chi connectivity index (χ2v) is 7.01. The molecule has 1 aliphatic heterocycles. The number of amides is 1. The van der Waals surface area contributed by atoms with Gasteiger partial charge in [0.05, 0.1) is 7.11 Å². The van der Waals surface area contributed by atoms with E-state index in [4.69, 9.17) is 4.74 Å². The van der Waals surface area contributed by atoms with Gasteiger partial charge in [-0.25, -0.2) is 15.0 Å². The average Bonchev–Trinajstić information content (AvgIpc) is 2.79. The second-order valence-electron chi connectivity index (χ2n) is 7.01. The van der Waals surface area contributed by atoms with Gasteiger partial charge in [-0.05, 0) is 43.3 Å². The summed E-state index contributed by atoms with van der Waals surface area (Å²) >= 11 is 0. The third kappa shape index (κ3) is 4.48. The first kappa shape index (κ1) is 19.6. The zero-order valence-electron chi connectivity index (χ0n) is 17.1. The summed E-state index contributed by atoms with van der Waals surface area (Å²) < 4.78 is 5.16. The number of piperazine rings is 1. The highest BCUT2D eigenvalue weighted by molar-refractivity contribution is 5.94. The van der Waals surface area contributed by atoms with E-state index in [0.29, 0.717) is 43.4 Å². The highest BCUT2D eigenvalue weighted by Gasteiger charge is 2.23. The van der Waals surface area contributed by atoms with E-state index in [1.165, 1.54) is 0 Å². The molecule has 30 heavy (non-hydrogen) atoms. The number of ether oxygens (including phenoxy) is 1. The van der Waals surface area contributed by atoms with Crippen LogP contribution in [0.25, 0.3) is 0 Å². The molecule has 1 aliphatic rings. The van der Waals surface area contributed by atoms with Gasteiger partial charge in [0.25, 0.3) is 5.91 Å². The van der Waals surface area contributed by atoms with Crippen molar-refractivity contribution in [1.82, 2.24) is 19.9 Å². The van der Waals surface area contributed by atoms with Gasteiger partial charge < -0.3 is 19.9 Å². The Labute approximate surface area is 175 Å². The molecule has 3 aromatic rings. The van der Waals surface area contributed by atoms with E-state index in [2.05, 4.69) is 25.2 Å². The number of pyridine rings is 1. The molecule has 1 saturated heterocycles. The van der Waals surface area contributed by atoms with Crippen molar-refractivity contribution in [3.63, 3.8) is 0 Å². The maximum Gasteiger partial charge on any atom is 0.253 e. The van der Waals surface area contributed by atoms with Crippen molar-refractivity contribution in [3.8, 4) is 5.75 Å². The maximum absolute atomic E-state index is 12.8. The quantitative estimate of drug-likeness (QED) is 0.700. The Balaban J connectivity index is 1.41. The van der Waals surface area contributed by atoms with E-state index in [-0.39, 0.29) is 5.91 Å². The number of rotatable bonds is 5. The number of carbonyl (C=O) groups excluding carboxylic acids is 1. The average molecular weight is 404 g/mol. The first-order valence-corrected chi connectivity index (χ1v) is 9.84. The van der Waals surface area contributed by atoms with Crippen LogP contribution >= 0.6 is 0 Å². The van der Waals surface area contributed by atoms with Crippen LogP contribution in [0.15, 0.2) is 54.7 Å².